The molecule has 0 aliphatic carbocycles. The van der Waals surface area contributed by atoms with Crippen LogP contribution in [-0.2, 0) is 17.9 Å². The Balaban J connectivity index is 1.52. The zero-order valence-corrected chi connectivity index (χ0v) is 20.6. The van der Waals surface area contributed by atoms with Crippen molar-refractivity contribution >= 4 is 78.7 Å². The normalized spacial score (nSPS) is 15.4. The van der Waals surface area contributed by atoms with E-state index in [0.29, 0.717) is 28.1 Å². The van der Waals surface area contributed by atoms with Crippen LogP contribution in [0.1, 0.15) is 16.9 Å². The quantitative estimate of drug-likeness (QED) is 0.199. The van der Waals surface area contributed by atoms with Crippen molar-refractivity contribution in [3.8, 4) is 0 Å². The summed E-state index contributed by atoms with van der Waals surface area (Å²) in [7, 11) is 0. The first-order valence-electron chi connectivity index (χ1n) is 9.79. The highest BCUT2D eigenvalue weighted by Crippen LogP contribution is 2.36. The monoisotopic (exact) mass is 542 g/mol. The molecule has 1 aliphatic rings. The molecule has 1 amide bonds. The van der Waals surface area contributed by atoms with Gasteiger partial charge in [-0.1, -0.05) is 69.7 Å². The van der Waals surface area contributed by atoms with Crippen molar-refractivity contribution in [1.82, 2.24) is 9.47 Å². The Morgan fingerprint density at radius 3 is 2.75 bits per heavy atom. The van der Waals surface area contributed by atoms with E-state index in [1.807, 2.05) is 42.5 Å². The number of amides is 1. The van der Waals surface area contributed by atoms with E-state index in [4.69, 9.17) is 28.2 Å². The van der Waals surface area contributed by atoms with Gasteiger partial charge >= 0.3 is 0 Å². The third-order valence-electron chi connectivity index (χ3n) is 5.23. The minimum absolute atomic E-state index is 0.113. The van der Waals surface area contributed by atoms with E-state index in [1.54, 1.807) is 17.2 Å². The summed E-state index contributed by atoms with van der Waals surface area (Å²) < 4.78 is 9.03. The van der Waals surface area contributed by atoms with Crippen LogP contribution in [0.2, 0.25) is 5.02 Å². The van der Waals surface area contributed by atoms with Crippen LogP contribution in [-0.4, -0.2) is 19.7 Å². The molecule has 2 aromatic carbocycles. The topological polar surface area (TPSA) is 38.4 Å². The Kier molecular flexibility index (Phi) is 5.99. The van der Waals surface area contributed by atoms with Crippen LogP contribution in [0.15, 0.2) is 80.9 Å². The number of thiocarbonyl (C=S) groups is 1. The second kappa shape index (κ2) is 8.90. The number of hydrogen-bond acceptors (Lipinski definition) is 4. The summed E-state index contributed by atoms with van der Waals surface area (Å²) in [4.78, 5) is 15.2. The van der Waals surface area contributed by atoms with E-state index < -0.39 is 0 Å². The fourth-order valence-corrected chi connectivity index (χ4v) is 5.49. The first-order chi connectivity index (χ1) is 15.5. The number of carbonyl (C=O) groups is 1. The maximum Gasteiger partial charge on any atom is 0.266 e. The largest absolute Gasteiger partial charge is 0.467 e. The standard InChI is InChI=1S/C24H16BrClN2O2S2/c25-17-7-8-21-19(11-17)16(13-27(21)12-15-4-1-2-6-20(15)26)10-22-23(29)28(24(31)32-22)14-18-5-3-9-30-18/h1-11,13H,12,14H2/b22-10-. The molecule has 4 aromatic rings. The van der Waals surface area contributed by atoms with E-state index in [2.05, 4.69) is 38.8 Å². The summed E-state index contributed by atoms with van der Waals surface area (Å²) in [6.45, 7) is 0.958. The molecule has 0 unspecified atom stereocenters. The highest BCUT2D eigenvalue weighted by atomic mass is 79.9. The lowest BCUT2D eigenvalue weighted by Gasteiger charge is -2.11. The smallest absolute Gasteiger partial charge is 0.266 e. The van der Waals surface area contributed by atoms with Gasteiger partial charge in [-0.15, -0.1) is 0 Å². The minimum Gasteiger partial charge on any atom is -0.467 e. The SMILES string of the molecule is O=C1/C(=C/c2cn(Cc3ccccc3Cl)c3ccc(Br)cc23)SC(=S)N1Cc1ccco1. The van der Waals surface area contributed by atoms with E-state index in [9.17, 15) is 4.79 Å². The fraction of sp³-hybridized carbons (Fsp3) is 0.0833. The molecule has 160 valence electrons. The maximum atomic E-state index is 13.1. The molecule has 0 radical (unpaired) electrons. The van der Waals surface area contributed by atoms with E-state index in [-0.39, 0.29) is 5.91 Å². The Morgan fingerprint density at radius 2 is 1.97 bits per heavy atom. The average Bonchev–Trinajstić information content (AvgIpc) is 3.46. The van der Waals surface area contributed by atoms with Gasteiger partial charge in [0.05, 0.1) is 17.7 Å². The Hall–Kier alpha value is -2.32. The number of benzene rings is 2. The Morgan fingerprint density at radius 1 is 1.12 bits per heavy atom. The van der Waals surface area contributed by atoms with Gasteiger partial charge in [-0.2, -0.15) is 0 Å². The van der Waals surface area contributed by atoms with Gasteiger partial charge in [0.15, 0.2) is 0 Å². The highest BCUT2D eigenvalue weighted by molar-refractivity contribution is 9.10. The molecule has 0 bridgehead atoms. The summed E-state index contributed by atoms with van der Waals surface area (Å²) >= 11 is 16.7. The molecule has 3 heterocycles. The van der Waals surface area contributed by atoms with Crippen LogP contribution >= 0.6 is 51.5 Å². The minimum atomic E-state index is -0.113. The molecular weight excluding hydrogens is 528 g/mol. The molecule has 0 spiro atoms. The molecule has 5 rings (SSSR count). The number of hydrogen-bond donors (Lipinski definition) is 0. The van der Waals surface area contributed by atoms with Gasteiger partial charge in [0.2, 0.25) is 0 Å². The van der Waals surface area contributed by atoms with Gasteiger partial charge < -0.3 is 8.98 Å². The van der Waals surface area contributed by atoms with Gasteiger partial charge in [-0.25, -0.2) is 0 Å². The molecule has 2 aromatic heterocycles. The molecular formula is C24H16BrClN2O2S2. The summed E-state index contributed by atoms with van der Waals surface area (Å²) in [5.74, 6) is 0.584. The summed E-state index contributed by atoms with van der Waals surface area (Å²) in [6, 6.07) is 17.6. The van der Waals surface area contributed by atoms with E-state index in [0.717, 1.165) is 31.5 Å². The summed E-state index contributed by atoms with van der Waals surface area (Å²) in [6.07, 6.45) is 5.56. The van der Waals surface area contributed by atoms with Crippen molar-refractivity contribution < 1.29 is 9.21 Å². The average molecular weight is 544 g/mol. The number of halogens is 2. The predicted octanol–water partition coefficient (Wildman–Crippen LogP) is 7.10. The fourth-order valence-electron chi connectivity index (χ4n) is 3.69. The van der Waals surface area contributed by atoms with Crippen LogP contribution in [0.4, 0.5) is 0 Å². The predicted molar refractivity (Wildman–Crippen MR) is 138 cm³/mol. The van der Waals surface area contributed by atoms with Crippen molar-refractivity contribution in [3.05, 3.63) is 98.3 Å². The first kappa shape index (κ1) is 21.5. The van der Waals surface area contributed by atoms with Crippen molar-refractivity contribution in [1.29, 1.82) is 0 Å². The van der Waals surface area contributed by atoms with E-state index >= 15 is 0 Å². The molecule has 0 saturated carbocycles. The van der Waals surface area contributed by atoms with Crippen LogP contribution in [0.25, 0.3) is 17.0 Å². The molecule has 32 heavy (non-hydrogen) atoms. The maximum absolute atomic E-state index is 13.1. The van der Waals surface area contributed by atoms with Crippen LogP contribution < -0.4 is 0 Å². The van der Waals surface area contributed by atoms with Gasteiger partial charge in [0, 0.05) is 38.7 Å². The molecule has 8 heteroatoms. The van der Waals surface area contributed by atoms with Gasteiger partial charge in [-0.05, 0) is 48.0 Å². The second-order valence-electron chi connectivity index (χ2n) is 7.31. The van der Waals surface area contributed by atoms with Crippen molar-refractivity contribution in [2.24, 2.45) is 0 Å². The van der Waals surface area contributed by atoms with Crippen molar-refractivity contribution in [3.63, 3.8) is 0 Å². The third kappa shape index (κ3) is 4.18. The molecule has 4 nitrogen and oxygen atoms in total. The number of nitrogens with zero attached hydrogens (tertiary/aromatic N) is 2. The molecule has 1 saturated heterocycles. The highest BCUT2D eigenvalue weighted by Gasteiger charge is 2.32. The lowest BCUT2D eigenvalue weighted by molar-refractivity contribution is -0.122. The zero-order valence-electron chi connectivity index (χ0n) is 16.6. The molecule has 1 fully saturated rings. The van der Waals surface area contributed by atoms with Crippen LogP contribution in [0.3, 0.4) is 0 Å². The zero-order chi connectivity index (χ0) is 22.2. The number of rotatable bonds is 5. The third-order valence-corrected chi connectivity index (χ3v) is 7.47. The van der Waals surface area contributed by atoms with Gasteiger partial charge in [0.25, 0.3) is 5.91 Å². The molecule has 0 atom stereocenters. The lowest BCUT2D eigenvalue weighted by Crippen LogP contribution is -2.27. The van der Waals surface area contributed by atoms with Crippen molar-refractivity contribution in [2.45, 2.75) is 13.1 Å². The lowest BCUT2D eigenvalue weighted by atomic mass is 10.1. The summed E-state index contributed by atoms with van der Waals surface area (Å²) in [5.41, 5.74) is 3.04. The van der Waals surface area contributed by atoms with Crippen LogP contribution in [0.5, 0.6) is 0 Å². The second-order valence-corrected chi connectivity index (χ2v) is 10.3. The van der Waals surface area contributed by atoms with E-state index in [1.165, 1.54) is 11.8 Å². The Bertz CT molecular complexity index is 1380. The van der Waals surface area contributed by atoms with Gasteiger partial charge in [0.1, 0.15) is 10.1 Å². The number of thioether (sulfide) groups is 1. The number of furan rings is 1. The number of fused-ring (bicyclic) bond motifs is 1. The Labute approximate surface area is 208 Å². The number of aromatic nitrogens is 1. The molecule has 0 N–H and O–H groups in total. The molecule has 1 aliphatic heterocycles. The van der Waals surface area contributed by atoms with Gasteiger partial charge in [-0.3, -0.25) is 9.69 Å². The van der Waals surface area contributed by atoms with Crippen LogP contribution in [0, 0.1) is 0 Å². The summed E-state index contributed by atoms with van der Waals surface area (Å²) in [5, 5.41) is 1.77. The number of carbonyl (C=O) groups excluding carboxylic acids is 1. The van der Waals surface area contributed by atoms with Crippen molar-refractivity contribution in [2.75, 3.05) is 0 Å². The first-order valence-corrected chi connectivity index (χ1v) is 12.2.